The molecule has 0 aliphatic heterocycles. The van der Waals surface area contributed by atoms with Crippen LogP contribution in [0.25, 0.3) is 0 Å². The molecule has 0 aliphatic rings. The van der Waals surface area contributed by atoms with Crippen LogP contribution in [0.5, 0.6) is 0 Å². The molecule has 0 aliphatic carbocycles. The molecule has 0 atom stereocenters. The van der Waals surface area contributed by atoms with E-state index < -0.39 is 0 Å². The summed E-state index contributed by atoms with van der Waals surface area (Å²) in [5, 5.41) is 6.31. The molecule has 1 heterocycles. The Morgan fingerprint density at radius 2 is 2.10 bits per heavy atom. The first kappa shape index (κ1) is 16.5. The SMILES string of the molecule is CCOCCCNc1sc(C(C)=O)c(N)c1C(=O)NC. The Bertz CT molecular complexity index is 485. The number of Topliss-reactive ketones (excluding diaryl/α,β-unsaturated/α-hetero) is 1. The van der Waals surface area contributed by atoms with E-state index in [4.69, 9.17) is 10.5 Å². The van der Waals surface area contributed by atoms with Crippen molar-refractivity contribution in [2.45, 2.75) is 20.3 Å². The average Bonchev–Trinajstić information content (AvgIpc) is 2.75. The highest BCUT2D eigenvalue weighted by Gasteiger charge is 2.23. The summed E-state index contributed by atoms with van der Waals surface area (Å²) < 4.78 is 5.24. The quantitative estimate of drug-likeness (QED) is 0.502. The molecule has 0 saturated heterocycles. The minimum Gasteiger partial charge on any atom is -0.397 e. The lowest BCUT2D eigenvalue weighted by Gasteiger charge is -2.07. The van der Waals surface area contributed by atoms with Crippen molar-refractivity contribution in [3.63, 3.8) is 0 Å². The third-order valence-electron chi connectivity index (χ3n) is 2.67. The summed E-state index contributed by atoms with van der Waals surface area (Å²) in [6.07, 6.45) is 0.814. The first-order chi connectivity index (χ1) is 9.52. The Morgan fingerprint density at radius 1 is 1.40 bits per heavy atom. The number of anilines is 2. The Kier molecular flexibility index (Phi) is 6.47. The number of thiophene rings is 1. The Labute approximate surface area is 122 Å². The van der Waals surface area contributed by atoms with E-state index in [2.05, 4.69) is 10.6 Å². The lowest BCUT2D eigenvalue weighted by atomic mass is 10.2. The Morgan fingerprint density at radius 3 is 2.65 bits per heavy atom. The van der Waals surface area contributed by atoms with Crippen LogP contribution in [-0.2, 0) is 4.74 Å². The number of ether oxygens (including phenoxy) is 1. The van der Waals surface area contributed by atoms with Gasteiger partial charge in [-0.3, -0.25) is 9.59 Å². The molecule has 0 radical (unpaired) electrons. The van der Waals surface area contributed by atoms with E-state index >= 15 is 0 Å². The monoisotopic (exact) mass is 299 g/mol. The van der Waals surface area contributed by atoms with Gasteiger partial charge in [0.05, 0.1) is 16.1 Å². The van der Waals surface area contributed by atoms with Crippen LogP contribution in [0.1, 0.15) is 40.3 Å². The number of hydrogen-bond donors (Lipinski definition) is 3. The van der Waals surface area contributed by atoms with Gasteiger partial charge in [0.2, 0.25) is 0 Å². The largest absolute Gasteiger partial charge is 0.397 e. The molecule has 0 spiro atoms. The maximum atomic E-state index is 11.9. The Hall–Kier alpha value is -1.60. The highest BCUT2D eigenvalue weighted by Crippen LogP contribution is 2.35. The standard InChI is InChI=1S/C13H21N3O3S/c1-4-19-7-5-6-16-13-9(12(18)15-3)10(14)11(20-13)8(2)17/h16H,4-7,14H2,1-3H3,(H,15,18). The van der Waals surface area contributed by atoms with Gasteiger partial charge < -0.3 is 21.1 Å². The van der Waals surface area contributed by atoms with Crippen LogP contribution in [0.2, 0.25) is 0 Å². The fourth-order valence-corrected chi connectivity index (χ4v) is 2.74. The molecule has 0 fully saturated rings. The van der Waals surface area contributed by atoms with Crippen molar-refractivity contribution in [3.05, 3.63) is 10.4 Å². The summed E-state index contributed by atoms with van der Waals surface area (Å²) >= 11 is 1.21. The third-order valence-corrected chi connectivity index (χ3v) is 3.94. The second-order valence-electron chi connectivity index (χ2n) is 4.16. The molecule has 7 heteroatoms. The molecule has 0 saturated carbocycles. The van der Waals surface area contributed by atoms with Crippen molar-refractivity contribution < 1.29 is 14.3 Å². The summed E-state index contributed by atoms with van der Waals surface area (Å²) in [4.78, 5) is 23.8. The van der Waals surface area contributed by atoms with Crippen molar-refractivity contribution in [2.24, 2.45) is 0 Å². The number of nitrogens with two attached hydrogens (primary N) is 1. The summed E-state index contributed by atoms with van der Waals surface area (Å²) in [7, 11) is 1.53. The molecule has 112 valence electrons. The van der Waals surface area contributed by atoms with Gasteiger partial charge >= 0.3 is 0 Å². The maximum absolute atomic E-state index is 11.9. The van der Waals surface area contributed by atoms with Crippen molar-refractivity contribution >= 4 is 33.7 Å². The highest BCUT2D eigenvalue weighted by molar-refractivity contribution is 7.19. The fourth-order valence-electron chi connectivity index (χ4n) is 1.70. The highest BCUT2D eigenvalue weighted by atomic mass is 32.1. The molecular weight excluding hydrogens is 278 g/mol. The van der Waals surface area contributed by atoms with Crippen LogP contribution in [-0.4, -0.2) is 38.5 Å². The predicted molar refractivity (Wildman–Crippen MR) is 81.7 cm³/mol. The number of ketones is 1. The van der Waals surface area contributed by atoms with E-state index in [1.54, 1.807) is 0 Å². The zero-order valence-electron chi connectivity index (χ0n) is 12.0. The van der Waals surface area contributed by atoms with Gasteiger partial charge in [-0.15, -0.1) is 11.3 Å². The summed E-state index contributed by atoms with van der Waals surface area (Å²) in [6, 6.07) is 0. The van der Waals surface area contributed by atoms with Crippen LogP contribution in [0.3, 0.4) is 0 Å². The van der Waals surface area contributed by atoms with Crippen LogP contribution in [0.15, 0.2) is 0 Å². The van der Waals surface area contributed by atoms with E-state index in [0.717, 1.165) is 6.42 Å². The zero-order valence-corrected chi connectivity index (χ0v) is 12.9. The molecular formula is C13H21N3O3S. The van der Waals surface area contributed by atoms with E-state index in [0.29, 0.717) is 35.2 Å². The normalized spacial score (nSPS) is 10.3. The summed E-state index contributed by atoms with van der Waals surface area (Å²) in [5.41, 5.74) is 6.49. The van der Waals surface area contributed by atoms with Crippen molar-refractivity contribution in [1.29, 1.82) is 0 Å². The van der Waals surface area contributed by atoms with Crippen LogP contribution >= 0.6 is 11.3 Å². The van der Waals surface area contributed by atoms with Gasteiger partial charge in [-0.1, -0.05) is 0 Å². The topological polar surface area (TPSA) is 93.4 Å². The van der Waals surface area contributed by atoms with Gasteiger partial charge in [0.1, 0.15) is 5.00 Å². The molecule has 1 aromatic rings. The van der Waals surface area contributed by atoms with E-state index in [9.17, 15) is 9.59 Å². The van der Waals surface area contributed by atoms with Crippen LogP contribution < -0.4 is 16.4 Å². The zero-order chi connectivity index (χ0) is 15.1. The number of carbonyl (C=O) groups is 2. The van der Waals surface area contributed by atoms with Crippen LogP contribution in [0.4, 0.5) is 10.7 Å². The minimum absolute atomic E-state index is 0.139. The van der Waals surface area contributed by atoms with Crippen molar-refractivity contribution in [3.8, 4) is 0 Å². The van der Waals surface area contributed by atoms with Gasteiger partial charge in [-0.05, 0) is 13.3 Å². The number of carbonyl (C=O) groups excluding carboxylic acids is 2. The molecule has 6 nitrogen and oxygen atoms in total. The maximum Gasteiger partial charge on any atom is 0.256 e. The number of nitrogen functional groups attached to an aromatic ring is 1. The molecule has 1 amide bonds. The first-order valence-electron chi connectivity index (χ1n) is 6.49. The summed E-state index contributed by atoms with van der Waals surface area (Å²) in [5.74, 6) is -0.432. The molecule has 4 N–H and O–H groups in total. The van der Waals surface area contributed by atoms with Gasteiger partial charge in [-0.25, -0.2) is 0 Å². The van der Waals surface area contributed by atoms with E-state index in [-0.39, 0.29) is 17.4 Å². The smallest absolute Gasteiger partial charge is 0.256 e. The number of amides is 1. The second kappa shape index (κ2) is 7.86. The van der Waals surface area contributed by atoms with Gasteiger partial charge in [-0.2, -0.15) is 0 Å². The van der Waals surface area contributed by atoms with Gasteiger partial charge in [0.15, 0.2) is 5.78 Å². The Balaban J connectivity index is 2.85. The molecule has 1 rings (SSSR count). The lowest BCUT2D eigenvalue weighted by molar-refractivity contribution is 0.0965. The van der Waals surface area contributed by atoms with Crippen molar-refractivity contribution in [2.75, 3.05) is 37.9 Å². The number of rotatable bonds is 8. The number of nitrogens with one attached hydrogen (secondary N) is 2. The second-order valence-corrected chi connectivity index (χ2v) is 5.18. The molecule has 0 bridgehead atoms. The number of hydrogen-bond acceptors (Lipinski definition) is 6. The molecule has 20 heavy (non-hydrogen) atoms. The fraction of sp³-hybridized carbons (Fsp3) is 0.538. The van der Waals surface area contributed by atoms with E-state index in [1.165, 1.54) is 25.3 Å². The predicted octanol–water partition coefficient (Wildman–Crippen LogP) is 1.73. The average molecular weight is 299 g/mol. The minimum atomic E-state index is -0.293. The van der Waals surface area contributed by atoms with Gasteiger partial charge in [0, 0.05) is 33.7 Å². The summed E-state index contributed by atoms with van der Waals surface area (Å²) in [6.45, 7) is 5.37. The van der Waals surface area contributed by atoms with Crippen LogP contribution in [0, 0.1) is 0 Å². The van der Waals surface area contributed by atoms with E-state index in [1.807, 2.05) is 6.92 Å². The molecule has 0 unspecified atom stereocenters. The van der Waals surface area contributed by atoms with Crippen molar-refractivity contribution in [1.82, 2.24) is 5.32 Å². The first-order valence-corrected chi connectivity index (χ1v) is 7.31. The third kappa shape index (κ3) is 3.94. The molecule has 0 aromatic carbocycles. The van der Waals surface area contributed by atoms with Gasteiger partial charge in [0.25, 0.3) is 5.91 Å². The lowest BCUT2D eigenvalue weighted by Crippen LogP contribution is -2.20. The molecule has 1 aromatic heterocycles.